The van der Waals surface area contributed by atoms with E-state index in [1.807, 2.05) is 42.5 Å². The van der Waals surface area contributed by atoms with Crippen molar-refractivity contribution in [3.05, 3.63) is 88.1 Å². The summed E-state index contributed by atoms with van der Waals surface area (Å²) >= 11 is 0. The number of aromatic amines is 1. The molecule has 5 rings (SSSR count). The Morgan fingerprint density at radius 2 is 1.89 bits per heavy atom. The molecule has 0 saturated heterocycles. The van der Waals surface area contributed by atoms with Gasteiger partial charge in [-0.25, -0.2) is 4.98 Å². The first kappa shape index (κ1) is 16.5. The summed E-state index contributed by atoms with van der Waals surface area (Å²) in [6.45, 7) is 0.673. The maximum Gasteiger partial charge on any atom is 0.276 e. The number of imidazole rings is 1. The minimum absolute atomic E-state index is 0.137. The van der Waals surface area contributed by atoms with Gasteiger partial charge < -0.3 is 9.55 Å². The van der Waals surface area contributed by atoms with Crippen LogP contribution in [0.3, 0.4) is 0 Å². The van der Waals surface area contributed by atoms with Gasteiger partial charge in [0.15, 0.2) is 5.52 Å². The lowest BCUT2D eigenvalue weighted by atomic mass is 9.99. The van der Waals surface area contributed by atoms with Gasteiger partial charge in [-0.2, -0.15) is 5.26 Å². The van der Waals surface area contributed by atoms with Gasteiger partial charge >= 0.3 is 0 Å². The predicted octanol–water partition coefficient (Wildman–Crippen LogP) is 4.19. The zero-order valence-corrected chi connectivity index (χ0v) is 15.2. The molecule has 1 aliphatic rings. The molecule has 0 spiro atoms. The Balaban J connectivity index is 1.52. The van der Waals surface area contributed by atoms with E-state index >= 15 is 0 Å². The highest BCUT2D eigenvalue weighted by molar-refractivity contribution is 5.75. The van der Waals surface area contributed by atoms with Crippen molar-refractivity contribution in [1.29, 1.82) is 5.26 Å². The summed E-state index contributed by atoms with van der Waals surface area (Å²) in [6.07, 6.45) is 3.94. The molecular weight excluding hydrogens is 348 g/mol. The van der Waals surface area contributed by atoms with E-state index < -0.39 is 0 Å². The molecule has 28 heavy (non-hydrogen) atoms. The van der Waals surface area contributed by atoms with Crippen molar-refractivity contribution in [3.8, 4) is 17.2 Å². The molecule has 0 atom stereocenters. The van der Waals surface area contributed by atoms with Crippen molar-refractivity contribution in [2.75, 3.05) is 0 Å². The third kappa shape index (κ3) is 2.80. The summed E-state index contributed by atoms with van der Waals surface area (Å²) < 4.78 is 2.17. The molecule has 0 unspecified atom stereocenters. The van der Waals surface area contributed by atoms with E-state index in [0.29, 0.717) is 23.5 Å². The van der Waals surface area contributed by atoms with Gasteiger partial charge in [0.05, 0.1) is 17.1 Å². The van der Waals surface area contributed by atoms with E-state index in [0.717, 1.165) is 40.9 Å². The highest BCUT2D eigenvalue weighted by Crippen LogP contribution is 2.40. The van der Waals surface area contributed by atoms with E-state index in [9.17, 15) is 10.1 Å². The number of hydrogen-bond acceptors (Lipinski definition) is 3. The fourth-order valence-corrected chi connectivity index (χ4v) is 3.71. The van der Waals surface area contributed by atoms with Gasteiger partial charge in [0.25, 0.3) is 5.56 Å². The molecule has 2 heterocycles. The third-order valence-electron chi connectivity index (χ3n) is 5.30. The standard InChI is InChI=1S/C23H18N4O/c24-13-18-3-1-2-4-19(18)16-7-5-15(6-8-16)14-27-20-11-12-25-23(28)21(20)26-22(27)17-9-10-17/h1-8,11-12,17H,9-10,14H2,(H,25,28). The molecule has 2 aromatic heterocycles. The zero-order chi connectivity index (χ0) is 19.1. The first-order chi connectivity index (χ1) is 13.7. The Morgan fingerprint density at radius 3 is 2.64 bits per heavy atom. The molecule has 1 saturated carbocycles. The summed E-state index contributed by atoms with van der Waals surface area (Å²) in [6, 6.07) is 20.1. The van der Waals surface area contributed by atoms with Crippen LogP contribution in [0.1, 0.15) is 35.7 Å². The van der Waals surface area contributed by atoms with E-state index in [2.05, 4.69) is 32.7 Å². The fourth-order valence-electron chi connectivity index (χ4n) is 3.71. The lowest BCUT2D eigenvalue weighted by Gasteiger charge is -2.10. The van der Waals surface area contributed by atoms with E-state index in [-0.39, 0.29) is 5.56 Å². The van der Waals surface area contributed by atoms with Gasteiger partial charge in [-0.3, -0.25) is 4.79 Å². The van der Waals surface area contributed by atoms with Crippen LogP contribution in [-0.2, 0) is 6.54 Å². The van der Waals surface area contributed by atoms with E-state index in [1.54, 1.807) is 6.20 Å². The topological polar surface area (TPSA) is 74.5 Å². The second-order valence-electron chi connectivity index (χ2n) is 7.23. The minimum atomic E-state index is -0.137. The van der Waals surface area contributed by atoms with E-state index in [1.165, 1.54) is 0 Å². The van der Waals surface area contributed by atoms with Crippen molar-refractivity contribution in [1.82, 2.24) is 14.5 Å². The van der Waals surface area contributed by atoms with Gasteiger partial charge in [0.2, 0.25) is 0 Å². The Morgan fingerprint density at radius 1 is 1.11 bits per heavy atom. The van der Waals surface area contributed by atoms with Crippen LogP contribution in [0.15, 0.2) is 65.6 Å². The Bertz CT molecular complexity index is 1270. The largest absolute Gasteiger partial charge is 0.327 e. The summed E-state index contributed by atoms with van der Waals surface area (Å²) in [5.74, 6) is 1.46. The number of hydrogen-bond donors (Lipinski definition) is 1. The van der Waals surface area contributed by atoms with Crippen molar-refractivity contribution in [2.45, 2.75) is 25.3 Å². The van der Waals surface area contributed by atoms with Gasteiger partial charge in [-0.05, 0) is 41.7 Å². The van der Waals surface area contributed by atoms with Crippen LogP contribution in [0, 0.1) is 11.3 Å². The highest BCUT2D eigenvalue weighted by Gasteiger charge is 2.30. The minimum Gasteiger partial charge on any atom is -0.327 e. The summed E-state index contributed by atoms with van der Waals surface area (Å²) in [7, 11) is 0. The average Bonchev–Trinajstić information content (AvgIpc) is 3.51. The van der Waals surface area contributed by atoms with Gasteiger partial charge in [-0.15, -0.1) is 0 Å². The predicted molar refractivity (Wildman–Crippen MR) is 108 cm³/mol. The van der Waals surface area contributed by atoms with Crippen molar-refractivity contribution in [2.24, 2.45) is 0 Å². The van der Waals surface area contributed by atoms with Crippen molar-refractivity contribution < 1.29 is 0 Å². The molecule has 1 aliphatic carbocycles. The second-order valence-corrected chi connectivity index (χ2v) is 7.23. The number of H-pyrrole nitrogens is 1. The highest BCUT2D eigenvalue weighted by atomic mass is 16.1. The number of aromatic nitrogens is 3. The molecule has 0 aliphatic heterocycles. The lowest BCUT2D eigenvalue weighted by Crippen LogP contribution is -2.06. The molecule has 1 N–H and O–H groups in total. The molecule has 136 valence electrons. The maximum absolute atomic E-state index is 12.1. The molecule has 1 fully saturated rings. The molecule has 0 amide bonds. The monoisotopic (exact) mass is 366 g/mol. The van der Waals surface area contributed by atoms with Crippen LogP contribution in [0.5, 0.6) is 0 Å². The number of fused-ring (bicyclic) bond motifs is 1. The Labute approximate surface area is 161 Å². The first-order valence-electron chi connectivity index (χ1n) is 9.41. The summed E-state index contributed by atoms with van der Waals surface area (Å²) in [4.78, 5) is 19.5. The fraction of sp³-hybridized carbons (Fsp3) is 0.174. The number of benzene rings is 2. The summed E-state index contributed by atoms with van der Waals surface area (Å²) in [5, 5.41) is 9.33. The average molecular weight is 366 g/mol. The van der Waals surface area contributed by atoms with Crippen LogP contribution < -0.4 is 5.56 Å². The van der Waals surface area contributed by atoms with Crippen LogP contribution in [0.25, 0.3) is 22.2 Å². The van der Waals surface area contributed by atoms with E-state index in [4.69, 9.17) is 0 Å². The smallest absolute Gasteiger partial charge is 0.276 e. The SMILES string of the molecule is N#Cc1ccccc1-c1ccc(Cn2c(C3CC3)nc3c(=O)[nH]ccc32)cc1. The zero-order valence-electron chi connectivity index (χ0n) is 15.2. The van der Waals surface area contributed by atoms with Crippen molar-refractivity contribution in [3.63, 3.8) is 0 Å². The molecule has 5 heteroatoms. The van der Waals surface area contributed by atoms with Crippen LogP contribution in [0.2, 0.25) is 0 Å². The molecule has 4 aromatic rings. The van der Waals surface area contributed by atoms with Crippen LogP contribution in [0.4, 0.5) is 0 Å². The number of nitrogens with one attached hydrogen (secondary N) is 1. The molecule has 0 radical (unpaired) electrons. The number of nitrogens with zero attached hydrogens (tertiary/aromatic N) is 3. The number of rotatable bonds is 4. The molecule has 0 bridgehead atoms. The number of nitriles is 1. The van der Waals surface area contributed by atoms with Crippen molar-refractivity contribution >= 4 is 11.0 Å². The van der Waals surface area contributed by atoms with Crippen LogP contribution in [-0.4, -0.2) is 14.5 Å². The van der Waals surface area contributed by atoms with Gasteiger partial charge in [0, 0.05) is 18.7 Å². The lowest BCUT2D eigenvalue weighted by molar-refractivity contribution is 0.747. The maximum atomic E-state index is 12.1. The normalized spacial score (nSPS) is 13.5. The number of pyridine rings is 1. The first-order valence-corrected chi connectivity index (χ1v) is 9.41. The molecule has 5 nitrogen and oxygen atoms in total. The van der Waals surface area contributed by atoms with Crippen LogP contribution >= 0.6 is 0 Å². The van der Waals surface area contributed by atoms with Gasteiger partial charge in [0.1, 0.15) is 5.82 Å². The third-order valence-corrected chi connectivity index (χ3v) is 5.30. The summed E-state index contributed by atoms with van der Waals surface area (Å²) in [5.41, 5.74) is 5.03. The molecular formula is C23H18N4O. The molecule has 2 aromatic carbocycles. The Kier molecular flexibility index (Phi) is 3.84. The van der Waals surface area contributed by atoms with Gasteiger partial charge in [-0.1, -0.05) is 42.5 Å². The quantitative estimate of drug-likeness (QED) is 0.588. The Hall–Kier alpha value is -3.65. The second kappa shape index (κ2) is 6.50.